The molecule has 12 heteroatoms. The van der Waals surface area contributed by atoms with E-state index in [1.54, 1.807) is 24.4 Å². The number of anilines is 1. The van der Waals surface area contributed by atoms with E-state index in [0.29, 0.717) is 28.8 Å². The summed E-state index contributed by atoms with van der Waals surface area (Å²) >= 11 is 0.804. The Bertz CT molecular complexity index is 1640. The van der Waals surface area contributed by atoms with Gasteiger partial charge in [-0.05, 0) is 51.7 Å². The van der Waals surface area contributed by atoms with Crippen LogP contribution in [0.1, 0.15) is 36.8 Å². The SMILES string of the molecule is CC(=O)Nc1cc(-c2nc(C(F)(F)F)cs2)c(-c2ccc3c(c2)c(=O)c(C(C)=O)cn3CC(C)N(C)C)cn1. The number of nitrogens with zero attached hydrogens (tertiary/aromatic N) is 4. The minimum absolute atomic E-state index is 0.0414. The zero-order valence-corrected chi connectivity index (χ0v) is 22.7. The number of pyridine rings is 2. The number of hydrogen-bond acceptors (Lipinski definition) is 7. The van der Waals surface area contributed by atoms with Crippen LogP contribution in [0.15, 0.2) is 46.8 Å². The van der Waals surface area contributed by atoms with Crippen LogP contribution in [-0.2, 0) is 17.5 Å². The van der Waals surface area contributed by atoms with Crippen molar-refractivity contribution in [2.24, 2.45) is 0 Å². The Balaban J connectivity index is 1.94. The number of fused-ring (bicyclic) bond motifs is 1. The Morgan fingerprint density at radius 1 is 1.15 bits per heavy atom. The van der Waals surface area contributed by atoms with Crippen LogP contribution in [0.3, 0.4) is 0 Å². The standard InChI is InChI=1S/C27H26F3N5O3S/c1-14(34(4)5)11-35-12-21(15(2)36)25(38)19-8-17(6-7-22(19)35)20-10-31-24(32-16(3)37)9-18(20)26-33-23(13-39-26)27(28,29)30/h6-10,12-14H,11H2,1-5H3,(H,31,32,37). The van der Waals surface area contributed by atoms with Crippen molar-refractivity contribution in [3.05, 3.63) is 63.5 Å². The molecule has 4 aromatic rings. The first-order chi connectivity index (χ1) is 18.3. The smallest absolute Gasteiger partial charge is 0.345 e. The molecule has 0 spiro atoms. The maximum absolute atomic E-state index is 13.3. The average Bonchev–Trinajstić information content (AvgIpc) is 3.36. The van der Waals surface area contributed by atoms with E-state index in [0.717, 1.165) is 16.7 Å². The molecule has 39 heavy (non-hydrogen) atoms. The van der Waals surface area contributed by atoms with Crippen LogP contribution in [-0.4, -0.2) is 51.3 Å². The lowest BCUT2D eigenvalue weighted by Gasteiger charge is -2.23. The second-order valence-electron chi connectivity index (χ2n) is 9.46. The van der Waals surface area contributed by atoms with E-state index in [1.807, 2.05) is 30.5 Å². The van der Waals surface area contributed by atoms with Gasteiger partial charge in [0.05, 0.1) is 11.1 Å². The topological polar surface area (TPSA) is 97.2 Å². The number of thiazole rings is 1. The summed E-state index contributed by atoms with van der Waals surface area (Å²) in [6, 6.07) is 6.64. The van der Waals surface area contributed by atoms with Gasteiger partial charge in [0.1, 0.15) is 10.8 Å². The Kier molecular flexibility index (Phi) is 7.71. The molecule has 0 aliphatic heterocycles. The van der Waals surface area contributed by atoms with Crippen LogP contribution in [0, 0.1) is 0 Å². The van der Waals surface area contributed by atoms with Crippen molar-refractivity contribution < 1.29 is 22.8 Å². The molecule has 1 unspecified atom stereocenters. The Hall–Kier alpha value is -3.90. The first-order valence-corrected chi connectivity index (χ1v) is 12.8. The van der Waals surface area contributed by atoms with E-state index >= 15 is 0 Å². The summed E-state index contributed by atoms with van der Waals surface area (Å²) in [5.41, 5.74) is 0.390. The molecular formula is C27H26F3N5O3S. The van der Waals surface area contributed by atoms with Gasteiger partial charge >= 0.3 is 6.18 Å². The van der Waals surface area contributed by atoms with Gasteiger partial charge < -0.3 is 14.8 Å². The molecule has 1 amide bonds. The van der Waals surface area contributed by atoms with Gasteiger partial charge in [0.25, 0.3) is 0 Å². The number of Topliss-reactive ketones (excluding diaryl/α,β-unsaturated/α-hetero) is 1. The number of carbonyl (C=O) groups excluding carboxylic acids is 2. The highest BCUT2D eigenvalue weighted by Gasteiger charge is 2.34. The molecule has 0 fully saturated rings. The van der Waals surface area contributed by atoms with Gasteiger partial charge in [0, 0.05) is 53.8 Å². The van der Waals surface area contributed by atoms with Crippen LogP contribution in [0.2, 0.25) is 0 Å². The maximum atomic E-state index is 13.3. The van der Waals surface area contributed by atoms with Gasteiger partial charge in [-0.1, -0.05) is 6.07 Å². The summed E-state index contributed by atoms with van der Waals surface area (Å²) in [4.78, 5) is 47.3. The molecule has 0 aliphatic rings. The van der Waals surface area contributed by atoms with Crippen molar-refractivity contribution in [2.75, 3.05) is 19.4 Å². The van der Waals surface area contributed by atoms with Gasteiger partial charge in [-0.25, -0.2) is 9.97 Å². The molecule has 1 N–H and O–H groups in total. The van der Waals surface area contributed by atoms with Gasteiger partial charge in [0.2, 0.25) is 5.91 Å². The number of amides is 1. The highest BCUT2D eigenvalue weighted by molar-refractivity contribution is 7.13. The van der Waals surface area contributed by atoms with Gasteiger partial charge in [-0.3, -0.25) is 14.4 Å². The van der Waals surface area contributed by atoms with E-state index < -0.39 is 23.2 Å². The zero-order chi connectivity index (χ0) is 28.6. The highest BCUT2D eigenvalue weighted by atomic mass is 32.1. The molecule has 0 aliphatic carbocycles. The molecule has 1 aromatic carbocycles. The summed E-state index contributed by atoms with van der Waals surface area (Å²) in [5.74, 6) is -0.626. The molecule has 0 bridgehead atoms. The van der Waals surface area contributed by atoms with Gasteiger partial charge in [0.15, 0.2) is 16.9 Å². The van der Waals surface area contributed by atoms with Crippen LogP contribution in [0.25, 0.3) is 32.6 Å². The number of carbonyl (C=O) groups is 2. The van der Waals surface area contributed by atoms with Crippen LogP contribution < -0.4 is 10.7 Å². The van der Waals surface area contributed by atoms with E-state index in [-0.39, 0.29) is 33.6 Å². The number of ketones is 1. The van der Waals surface area contributed by atoms with E-state index in [9.17, 15) is 27.6 Å². The lowest BCUT2D eigenvalue weighted by Crippen LogP contribution is -2.30. The molecule has 3 aromatic heterocycles. The summed E-state index contributed by atoms with van der Waals surface area (Å²) in [6.07, 6.45) is -1.64. The number of rotatable bonds is 7. The van der Waals surface area contributed by atoms with Crippen molar-refractivity contribution in [3.63, 3.8) is 0 Å². The lowest BCUT2D eigenvalue weighted by atomic mass is 9.98. The Labute approximate surface area is 226 Å². The third-order valence-corrected chi connectivity index (χ3v) is 7.22. The summed E-state index contributed by atoms with van der Waals surface area (Å²) in [5, 5.41) is 3.81. The van der Waals surface area contributed by atoms with Gasteiger partial charge in [-0.15, -0.1) is 11.3 Å². The molecular weight excluding hydrogens is 531 g/mol. The number of hydrogen-bond donors (Lipinski definition) is 1. The Morgan fingerprint density at radius 2 is 1.87 bits per heavy atom. The summed E-state index contributed by atoms with van der Waals surface area (Å²) in [7, 11) is 3.86. The lowest BCUT2D eigenvalue weighted by molar-refractivity contribution is -0.140. The minimum Gasteiger partial charge on any atom is -0.345 e. The minimum atomic E-state index is -4.62. The predicted molar refractivity (Wildman–Crippen MR) is 145 cm³/mol. The molecule has 0 saturated carbocycles. The number of nitrogens with one attached hydrogen (secondary N) is 1. The van der Waals surface area contributed by atoms with Gasteiger partial charge in [-0.2, -0.15) is 13.2 Å². The number of benzene rings is 1. The van der Waals surface area contributed by atoms with E-state index in [4.69, 9.17) is 0 Å². The molecule has 0 saturated heterocycles. The number of likely N-dealkylation sites (N-methyl/N-ethyl adjacent to an activating group) is 1. The van der Waals surface area contributed by atoms with E-state index in [1.165, 1.54) is 26.1 Å². The molecule has 0 radical (unpaired) electrons. The first-order valence-electron chi connectivity index (χ1n) is 11.9. The Morgan fingerprint density at radius 3 is 2.46 bits per heavy atom. The maximum Gasteiger partial charge on any atom is 0.434 e. The second-order valence-corrected chi connectivity index (χ2v) is 10.3. The molecule has 204 valence electrons. The second kappa shape index (κ2) is 10.7. The molecule has 3 heterocycles. The first kappa shape index (κ1) is 28.1. The van der Waals surface area contributed by atoms with Crippen LogP contribution in [0.5, 0.6) is 0 Å². The number of aromatic nitrogens is 3. The largest absolute Gasteiger partial charge is 0.434 e. The highest BCUT2D eigenvalue weighted by Crippen LogP contribution is 2.39. The van der Waals surface area contributed by atoms with Crippen LogP contribution >= 0.6 is 11.3 Å². The van der Waals surface area contributed by atoms with Crippen molar-refractivity contribution in [1.82, 2.24) is 19.4 Å². The zero-order valence-electron chi connectivity index (χ0n) is 21.9. The number of halogens is 3. The van der Waals surface area contributed by atoms with Crippen molar-refractivity contribution in [1.29, 1.82) is 0 Å². The predicted octanol–water partition coefficient (Wildman–Crippen LogP) is 5.32. The van der Waals surface area contributed by atoms with Crippen molar-refractivity contribution in [3.8, 4) is 21.7 Å². The fraction of sp³-hybridized carbons (Fsp3) is 0.296. The normalized spacial score (nSPS) is 12.6. The van der Waals surface area contributed by atoms with Crippen molar-refractivity contribution >= 4 is 39.7 Å². The molecule has 4 rings (SSSR count). The average molecular weight is 558 g/mol. The third kappa shape index (κ3) is 5.91. The van der Waals surface area contributed by atoms with Crippen LogP contribution in [0.4, 0.5) is 19.0 Å². The molecule has 8 nitrogen and oxygen atoms in total. The number of alkyl halides is 3. The quantitative estimate of drug-likeness (QED) is 0.309. The fourth-order valence-corrected chi connectivity index (χ4v) is 4.91. The third-order valence-electron chi connectivity index (χ3n) is 6.35. The van der Waals surface area contributed by atoms with Crippen molar-refractivity contribution in [2.45, 2.75) is 39.5 Å². The monoisotopic (exact) mass is 557 g/mol. The van der Waals surface area contributed by atoms with E-state index in [2.05, 4.69) is 15.3 Å². The summed E-state index contributed by atoms with van der Waals surface area (Å²) in [6.45, 7) is 5.15. The summed E-state index contributed by atoms with van der Waals surface area (Å²) < 4.78 is 41.8. The fourth-order valence-electron chi connectivity index (χ4n) is 4.05. The molecule has 1 atom stereocenters.